The lowest BCUT2D eigenvalue weighted by Gasteiger charge is -2.12. The van der Waals surface area contributed by atoms with Crippen molar-refractivity contribution >= 4 is 38.0 Å². The van der Waals surface area contributed by atoms with Gasteiger partial charge in [0.1, 0.15) is 5.75 Å². The molecular weight excluding hydrogens is 340 g/mol. The van der Waals surface area contributed by atoms with E-state index >= 15 is 0 Å². The molecule has 0 radical (unpaired) electrons. The van der Waals surface area contributed by atoms with Crippen LogP contribution in [-0.2, 0) is 0 Å². The van der Waals surface area contributed by atoms with Gasteiger partial charge >= 0.3 is 0 Å². The number of likely N-dealkylation sites (N-methyl/N-ethyl adjacent to an activating group) is 1. The SMILES string of the molecule is CC(C)Oc1ccc2c(c1)c(C1CCN(C)C1)c1c3ccccc3sn21. The lowest BCUT2D eigenvalue weighted by atomic mass is 9.95. The maximum absolute atomic E-state index is 6.00. The second kappa shape index (κ2) is 6.00. The van der Waals surface area contributed by atoms with E-state index in [9.17, 15) is 0 Å². The van der Waals surface area contributed by atoms with Gasteiger partial charge in [-0.1, -0.05) is 29.7 Å². The highest BCUT2D eigenvalue weighted by molar-refractivity contribution is 7.14. The molecule has 5 rings (SSSR count). The molecule has 26 heavy (non-hydrogen) atoms. The Kier molecular flexibility index (Phi) is 3.73. The third kappa shape index (κ3) is 2.43. The van der Waals surface area contributed by atoms with Crippen molar-refractivity contribution in [2.75, 3.05) is 20.1 Å². The first-order valence-electron chi connectivity index (χ1n) is 9.43. The van der Waals surface area contributed by atoms with E-state index in [4.69, 9.17) is 4.74 Å². The molecule has 3 nitrogen and oxygen atoms in total. The van der Waals surface area contributed by atoms with Crippen molar-refractivity contribution in [3.8, 4) is 5.75 Å². The second-order valence-corrected chi connectivity index (χ2v) is 8.73. The van der Waals surface area contributed by atoms with Gasteiger partial charge in [-0.05, 0) is 63.7 Å². The molecule has 2 aromatic carbocycles. The topological polar surface area (TPSA) is 16.9 Å². The minimum Gasteiger partial charge on any atom is -0.491 e. The summed E-state index contributed by atoms with van der Waals surface area (Å²) in [5.41, 5.74) is 4.22. The van der Waals surface area contributed by atoms with Gasteiger partial charge in [-0.15, -0.1) is 0 Å². The van der Waals surface area contributed by atoms with Gasteiger partial charge in [-0.25, -0.2) is 0 Å². The average Bonchev–Trinajstić information content (AvgIpc) is 3.27. The number of fused-ring (bicyclic) bond motifs is 5. The number of likely N-dealkylation sites (tertiary alicyclic amines) is 1. The van der Waals surface area contributed by atoms with Gasteiger partial charge in [-0.3, -0.25) is 3.79 Å². The molecule has 1 fully saturated rings. The summed E-state index contributed by atoms with van der Waals surface area (Å²) in [6.45, 7) is 6.48. The van der Waals surface area contributed by atoms with Gasteiger partial charge in [0.25, 0.3) is 0 Å². The van der Waals surface area contributed by atoms with E-state index in [-0.39, 0.29) is 6.10 Å². The fraction of sp³-hybridized carbons (Fsp3) is 0.364. The Morgan fingerprint density at radius 3 is 2.73 bits per heavy atom. The molecule has 0 aliphatic carbocycles. The number of aromatic nitrogens is 1. The molecule has 4 heteroatoms. The van der Waals surface area contributed by atoms with Gasteiger partial charge in [0.05, 0.1) is 21.8 Å². The van der Waals surface area contributed by atoms with Crippen LogP contribution in [0, 0.1) is 0 Å². The van der Waals surface area contributed by atoms with E-state index in [0.717, 1.165) is 12.3 Å². The summed E-state index contributed by atoms with van der Waals surface area (Å²) in [4.78, 5) is 2.45. The highest BCUT2D eigenvalue weighted by atomic mass is 32.1. The summed E-state index contributed by atoms with van der Waals surface area (Å²) in [6.07, 6.45) is 1.42. The predicted molar refractivity (Wildman–Crippen MR) is 111 cm³/mol. The van der Waals surface area contributed by atoms with Crippen molar-refractivity contribution in [3.05, 3.63) is 48.0 Å². The van der Waals surface area contributed by atoms with Crippen molar-refractivity contribution in [2.24, 2.45) is 0 Å². The monoisotopic (exact) mass is 364 g/mol. The van der Waals surface area contributed by atoms with E-state index in [2.05, 4.69) is 72.0 Å². The molecule has 1 unspecified atom stereocenters. The van der Waals surface area contributed by atoms with E-state index in [1.165, 1.54) is 45.0 Å². The zero-order valence-corrected chi connectivity index (χ0v) is 16.3. The van der Waals surface area contributed by atoms with Crippen molar-refractivity contribution in [1.29, 1.82) is 0 Å². The molecule has 1 aliphatic rings. The maximum Gasteiger partial charge on any atom is 0.120 e. The minimum atomic E-state index is 0.193. The van der Waals surface area contributed by atoms with E-state index < -0.39 is 0 Å². The summed E-state index contributed by atoms with van der Waals surface area (Å²) in [7, 11) is 2.23. The smallest absolute Gasteiger partial charge is 0.120 e. The summed E-state index contributed by atoms with van der Waals surface area (Å²) in [6, 6.07) is 15.4. The van der Waals surface area contributed by atoms with Crippen LogP contribution in [0.2, 0.25) is 0 Å². The number of hydrogen-bond donors (Lipinski definition) is 0. The van der Waals surface area contributed by atoms with Crippen LogP contribution in [0.4, 0.5) is 0 Å². The zero-order chi connectivity index (χ0) is 17.8. The Morgan fingerprint density at radius 2 is 1.96 bits per heavy atom. The van der Waals surface area contributed by atoms with Crippen LogP contribution in [0.15, 0.2) is 42.5 Å². The van der Waals surface area contributed by atoms with Gasteiger partial charge < -0.3 is 9.64 Å². The number of benzene rings is 2. The lowest BCUT2D eigenvalue weighted by molar-refractivity contribution is 0.243. The Bertz CT molecular complexity index is 1110. The number of rotatable bonds is 3. The molecule has 4 aromatic rings. The third-order valence-electron chi connectivity index (χ3n) is 5.44. The Morgan fingerprint density at radius 1 is 1.12 bits per heavy atom. The summed E-state index contributed by atoms with van der Waals surface area (Å²) in [5, 5.41) is 2.74. The van der Waals surface area contributed by atoms with Gasteiger partial charge in [0.15, 0.2) is 0 Å². The molecule has 0 bridgehead atoms. The molecule has 3 heterocycles. The van der Waals surface area contributed by atoms with Crippen molar-refractivity contribution in [1.82, 2.24) is 8.69 Å². The number of hydrogen-bond acceptors (Lipinski definition) is 3. The third-order valence-corrected chi connectivity index (χ3v) is 6.55. The molecular formula is C22H24N2OS. The standard InChI is InChI=1S/C22H24N2OS/c1-14(2)25-16-8-9-19-18(12-16)21(15-10-11-23(3)13-15)22-17-6-4-5-7-20(17)26-24(19)22/h4-9,12,14-15H,10-11,13H2,1-3H3. The Labute approximate surface area is 157 Å². The van der Waals surface area contributed by atoms with Crippen LogP contribution >= 0.6 is 11.5 Å². The van der Waals surface area contributed by atoms with Crippen LogP contribution in [0.3, 0.4) is 0 Å². The van der Waals surface area contributed by atoms with Crippen LogP contribution in [0.25, 0.3) is 26.5 Å². The van der Waals surface area contributed by atoms with Crippen molar-refractivity contribution in [3.63, 3.8) is 0 Å². The molecule has 1 saturated heterocycles. The summed E-state index contributed by atoms with van der Waals surface area (Å²) < 4.78 is 9.80. The Balaban J connectivity index is 1.83. The van der Waals surface area contributed by atoms with Gasteiger partial charge in [0.2, 0.25) is 0 Å². The molecule has 1 atom stereocenters. The van der Waals surface area contributed by atoms with Crippen LogP contribution in [0.1, 0.15) is 31.7 Å². The lowest BCUT2D eigenvalue weighted by Crippen LogP contribution is -2.13. The molecule has 2 aromatic heterocycles. The fourth-order valence-corrected chi connectivity index (χ4v) is 5.53. The van der Waals surface area contributed by atoms with E-state index in [0.29, 0.717) is 5.92 Å². The predicted octanol–water partition coefficient (Wildman–Crippen LogP) is 5.51. The maximum atomic E-state index is 6.00. The van der Waals surface area contributed by atoms with E-state index in [1.54, 1.807) is 0 Å². The number of ether oxygens (including phenoxy) is 1. The first-order valence-corrected chi connectivity index (χ1v) is 10.2. The largest absolute Gasteiger partial charge is 0.491 e. The number of nitrogens with zero attached hydrogens (tertiary/aromatic N) is 2. The normalized spacial score (nSPS) is 18.7. The highest BCUT2D eigenvalue weighted by Crippen LogP contribution is 2.43. The highest BCUT2D eigenvalue weighted by Gasteiger charge is 2.28. The molecule has 0 saturated carbocycles. The Hall–Kier alpha value is -2.04. The molecule has 0 spiro atoms. The van der Waals surface area contributed by atoms with Crippen molar-refractivity contribution < 1.29 is 4.74 Å². The zero-order valence-electron chi connectivity index (χ0n) is 15.5. The van der Waals surface area contributed by atoms with Crippen molar-refractivity contribution in [2.45, 2.75) is 32.3 Å². The summed E-state index contributed by atoms with van der Waals surface area (Å²) >= 11 is 1.85. The second-order valence-electron chi connectivity index (χ2n) is 7.74. The molecule has 0 N–H and O–H groups in total. The van der Waals surface area contributed by atoms with Gasteiger partial charge in [-0.2, -0.15) is 0 Å². The average molecular weight is 365 g/mol. The molecule has 134 valence electrons. The summed E-state index contributed by atoms with van der Waals surface area (Å²) in [5.74, 6) is 1.56. The first kappa shape index (κ1) is 16.2. The fourth-order valence-electron chi connectivity index (χ4n) is 4.38. The van der Waals surface area contributed by atoms with E-state index in [1.807, 2.05) is 11.5 Å². The first-order chi connectivity index (χ1) is 12.6. The van der Waals surface area contributed by atoms with Crippen LogP contribution in [-0.4, -0.2) is 34.9 Å². The molecule has 0 amide bonds. The minimum absolute atomic E-state index is 0.193. The van der Waals surface area contributed by atoms with Gasteiger partial charge in [0, 0.05) is 23.2 Å². The van der Waals surface area contributed by atoms with Crippen LogP contribution < -0.4 is 4.74 Å². The quantitative estimate of drug-likeness (QED) is 0.476. The van der Waals surface area contributed by atoms with Crippen LogP contribution in [0.5, 0.6) is 5.75 Å². The molecule has 1 aliphatic heterocycles.